The van der Waals surface area contributed by atoms with E-state index in [1.54, 1.807) is 7.11 Å². The highest BCUT2D eigenvalue weighted by Crippen LogP contribution is 2.29. The first-order valence-corrected chi connectivity index (χ1v) is 5.44. The molecule has 0 aliphatic rings. The number of methoxy groups -OCH3 is 1. The van der Waals surface area contributed by atoms with E-state index in [1.165, 1.54) is 0 Å². The van der Waals surface area contributed by atoms with Crippen LogP contribution >= 0.6 is 31.9 Å². The van der Waals surface area contributed by atoms with Crippen molar-refractivity contribution < 1.29 is 4.74 Å². The van der Waals surface area contributed by atoms with Crippen LogP contribution in [0.2, 0.25) is 0 Å². The number of hydrogen-bond acceptors (Lipinski definition) is 2. The lowest BCUT2D eigenvalue weighted by atomic mass is 10.1. The average Bonchev–Trinajstić information content (AvgIpc) is 2.10. The lowest BCUT2D eigenvalue weighted by Gasteiger charge is -2.13. The molecule has 2 nitrogen and oxygen atoms in total. The van der Waals surface area contributed by atoms with Gasteiger partial charge in [-0.15, -0.1) is 0 Å². The van der Waals surface area contributed by atoms with Crippen LogP contribution in [-0.4, -0.2) is 13.7 Å². The first-order chi connectivity index (χ1) is 6.16. The van der Waals surface area contributed by atoms with Crippen LogP contribution in [0.1, 0.15) is 11.6 Å². The van der Waals surface area contributed by atoms with Gasteiger partial charge in [-0.05, 0) is 43.5 Å². The predicted octanol–water partition coefficient (Wildman–Crippen LogP) is 2.86. The summed E-state index contributed by atoms with van der Waals surface area (Å²) < 4.78 is 7.00. The Kier molecular flexibility index (Phi) is 4.38. The molecule has 0 heterocycles. The minimum absolute atomic E-state index is 0.0862. The molecule has 0 bridgehead atoms. The maximum absolute atomic E-state index is 5.90. The summed E-state index contributed by atoms with van der Waals surface area (Å²) in [6, 6.07) is 5.82. The third kappa shape index (κ3) is 2.77. The summed E-state index contributed by atoms with van der Waals surface area (Å²) in [4.78, 5) is 0. The molecule has 4 heteroatoms. The Morgan fingerprint density at radius 1 is 1.46 bits per heavy atom. The summed E-state index contributed by atoms with van der Waals surface area (Å²) in [7, 11) is 1.64. The first-order valence-electron chi connectivity index (χ1n) is 3.85. The van der Waals surface area contributed by atoms with E-state index in [-0.39, 0.29) is 6.04 Å². The zero-order valence-electron chi connectivity index (χ0n) is 7.26. The number of nitrogens with two attached hydrogens (primary N) is 1. The van der Waals surface area contributed by atoms with Crippen LogP contribution in [-0.2, 0) is 4.74 Å². The maximum Gasteiger partial charge on any atom is 0.0655 e. The molecule has 0 fully saturated rings. The van der Waals surface area contributed by atoms with E-state index in [9.17, 15) is 0 Å². The standard InChI is InChI=1S/C9H11Br2NO/c1-13-5-8(12)6-3-2-4-7(10)9(6)11/h2-4,8H,5,12H2,1H3. The van der Waals surface area contributed by atoms with Crippen molar-refractivity contribution in [3.8, 4) is 0 Å². The summed E-state index contributed by atoms with van der Waals surface area (Å²) in [5.41, 5.74) is 6.95. The van der Waals surface area contributed by atoms with Crippen molar-refractivity contribution in [2.24, 2.45) is 5.73 Å². The largest absolute Gasteiger partial charge is 0.383 e. The van der Waals surface area contributed by atoms with Crippen molar-refractivity contribution in [1.29, 1.82) is 0 Å². The SMILES string of the molecule is COCC(N)c1cccc(Br)c1Br. The third-order valence-electron chi connectivity index (χ3n) is 1.73. The molecule has 1 aromatic carbocycles. The average molecular weight is 309 g/mol. The van der Waals surface area contributed by atoms with E-state index < -0.39 is 0 Å². The number of hydrogen-bond donors (Lipinski definition) is 1. The Labute approximate surface area is 94.7 Å². The third-order valence-corrected chi connectivity index (χ3v) is 3.81. The topological polar surface area (TPSA) is 35.2 Å². The van der Waals surface area contributed by atoms with E-state index in [4.69, 9.17) is 10.5 Å². The lowest BCUT2D eigenvalue weighted by Crippen LogP contribution is -2.16. The van der Waals surface area contributed by atoms with Gasteiger partial charge in [0.05, 0.1) is 12.6 Å². The lowest BCUT2D eigenvalue weighted by molar-refractivity contribution is 0.180. The molecule has 2 N–H and O–H groups in total. The second kappa shape index (κ2) is 5.10. The molecule has 1 unspecified atom stereocenters. The monoisotopic (exact) mass is 307 g/mol. The molecule has 0 saturated heterocycles. The van der Waals surface area contributed by atoms with Gasteiger partial charge in [-0.25, -0.2) is 0 Å². The summed E-state index contributed by atoms with van der Waals surface area (Å²) in [5.74, 6) is 0. The van der Waals surface area contributed by atoms with Gasteiger partial charge in [0.25, 0.3) is 0 Å². The molecule has 0 aliphatic carbocycles. The van der Waals surface area contributed by atoms with Crippen molar-refractivity contribution >= 4 is 31.9 Å². The highest BCUT2D eigenvalue weighted by molar-refractivity contribution is 9.13. The van der Waals surface area contributed by atoms with E-state index in [0.717, 1.165) is 14.5 Å². The zero-order chi connectivity index (χ0) is 9.84. The molecule has 1 rings (SSSR count). The van der Waals surface area contributed by atoms with Gasteiger partial charge in [-0.3, -0.25) is 0 Å². The zero-order valence-corrected chi connectivity index (χ0v) is 10.4. The molecule has 0 radical (unpaired) electrons. The van der Waals surface area contributed by atoms with E-state index in [1.807, 2.05) is 18.2 Å². The summed E-state index contributed by atoms with van der Waals surface area (Å²) in [6.07, 6.45) is 0. The number of rotatable bonds is 3. The van der Waals surface area contributed by atoms with Crippen molar-refractivity contribution in [3.63, 3.8) is 0 Å². The maximum atomic E-state index is 5.90. The van der Waals surface area contributed by atoms with E-state index in [0.29, 0.717) is 6.61 Å². The van der Waals surface area contributed by atoms with Gasteiger partial charge >= 0.3 is 0 Å². The molecule has 1 atom stereocenters. The fourth-order valence-corrected chi connectivity index (χ4v) is 2.02. The van der Waals surface area contributed by atoms with Gasteiger partial charge in [-0.1, -0.05) is 12.1 Å². The number of halogens is 2. The van der Waals surface area contributed by atoms with Crippen molar-refractivity contribution in [3.05, 3.63) is 32.7 Å². The number of benzene rings is 1. The Morgan fingerprint density at radius 3 is 2.77 bits per heavy atom. The highest BCUT2D eigenvalue weighted by atomic mass is 79.9. The second-order valence-electron chi connectivity index (χ2n) is 2.70. The van der Waals surface area contributed by atoms with Gasteiger partial charge in [-0.2, -0.15) is 0 Å². The van der Waals surface area contributed by atoms with Crippen LogP contribution in [0.5, 0.6) is 0 Å². The molecule has 0 saturated carbocycles. The molecule has 13 heavy (non-hydrogen) atoms. The molecule has 72 valence electrons. The molecular formula is C9H11Br2NO. The molecular weight excluding hydrogens is 298 g/mol. The Balaban J connectivity index is 2.93. The van der Waals surface area contributed by atoms with Gasteiger partial charge in [0.15, 0.2) is 0 Å². The molecule has 0 aliphatic heterocycles. The highest BCUT2D eigenvalue weighted by Gasteiger charge is 2.10. The van der Waals surface area contributed by atoms with Gasteiger partial charge in [0, 0.05) is 16.1 Å². The molecule has 0 aromatic heterocycles. The van der Waals surface area contributed by atoms with Crippen LogP contribution in [0.3, 0.4) is 0 Å². The van der Waals surface area contributed by atoms with E-state index in [2.05, 4.69) is 31.9 Å². The van der Waals surface area contributed by atoms with E-state index >= 15 is 0 Å². The number of ether oxygens (including phenoxy) is 1. The Bertz CT molecular complexity index is 291. The first kappa shape index (κ1) is 11.2. The second-order valence-corrected chi connectivity index (χ2v) is 4.35. The smallest absolute Gasteiger partial charge is 0.0655 e. The van der Waals surface area contributed by atoms with Crippen LogP contribution in [0, 0.1) is 0 Å². The Hall–Kier alpha value is 0.1000. The normalized spacial score (nSPS) is 12.9. The predicted molar refractivity (Wildman–Crippen MR) is 60.6 cm³/mol. The van der Waals surface area contributed by atoms with Crippen LogP contribution in [0.15, 0.2) is 27.1 Å². The summed E-state index contributed by atoms with van der Waals surface area (Å²) in [5, 5.41) is 0. The minimum atomic E-state index is -0.0862. The van der Waals surface area contributed by atoms with Crippen molar-refractivity contribution in [2.75, 3.05) is 13.7 Å². The quantitative estimate of drug-likeness (QED) is 0.932. The molecule has 0 amide bonds. The van der Waals surface area contributed by atoms with Gasteiger partial charge < -0.3 is 10.5 Å². The van der Waals surface area contributed by atoms with Crippen molar-refractivity contribution in [1.82, 2.24) is 0 Å². The summed E-state index contributed by atoms with van der Waals surface area (Å²) >= 11 is 6.89. The summed E-state index contributed by atoms with van der Waals surface area (Å²) in [6.45, 7) is 0.523. The molecule has 1 aromatic rings. The van der Waals surface area contributed by atoms with Crippen molar-refractivity contribution in [2.45, 2.75) is 6.04 Å². The van der Waals surface area contributed by atoms with Crippen LogP contribution in [0.25, 0.3) is 0 Å². The Morgan fingerprint density at radius 2 is 2.15 bits per heavy atom. The molecule has 0 spiro atoms. The van der Waals surface area contributed by atoms with Crippen LogP contribution in [0.4, 0.5) is 0 Å². The van der Waals surface area contributed by atoms with Gasteiger partial charge in [0.2, 0.25) is 0 Å². The fourth-order valence-electron chi connectivity index (χ4n) is 1.08. The minimum Gasteiger partial charge on any atom is -0.383 e. The fraction of sp³-hybridized carbons (Fsp3) is 0.333. The van der Waals surface area contributed by atoms with Crippen LogP contribution < -0.4 is 5.73 Å². The van der Waals surface area contributed by atoms with Gasteiger partial charge in [0.1, 0.15) is 0 Å².